The largest absolute Gasteiger partial charge is 0.316 e. The van der Waals surface area contributed by atoms with Crippen molar-refractivity contribution in [1.29, 1.82) is 0 Å². The quantitative estimate of drug-likeness (QED) is 0.265. The fourth-order valence-electron chi connectivity index (χ4n) is 5.19. The Hall–Kier alpha value is -3.69. The lowest BCUT2D eigenvalue weighted by molar-refractivity contribution is 1.09. The van der Waals surface area contributed by atoms with Crippen molar-refractivity contribution in [3.8, 4) is 5.69 Å². The molecule has 3 heteroatoms. The van der Waals surface area contributed by atoms with Crippen molar-refractivity contribution < 1.29 is 0 Å². The van der Waals surface area contributed by atoms with E-state index in [2.05, 4.69) is 120 Å². The van der Waals surface area contributed by atoms with Crippen molar-refractivity contribution >= 4 is 45.8 Å². The minimum Gasteiger partial charge on any atom is -0.316 e. The Bertz CT molecular complexity index is 1550. The number of nitrogens with zero attached hydrogens (tertiary/aromatic N) is 2. The van der Waals surface area contributed by atoms with E-state index in [1.165, 1.54) is 60.1 Å². The molecule has 5 aromatic rings. The van der Waals surface area contributed by atoms with Crippen LogP contribution >= 0.6 is 11.8 Å². The Morgan fingerprint density at radius 2 is 1.42 bits per heavy atom. The highest BCUT2D eigenvalue weighted by Crippen LogP contribution is 2.53. The van der Waals surface area contributed by atoms with Crippen LogP contribution in [-0.4, -0.2) is 4.57 Å². The minimum absolute atomic E-state index is 0.991. The van der Waals surface area contributed by atoms with Crippen LogP contribution in [-0.2, 0) is 6.42 Å². The van der Waals surface area contributed by atoms with Crippen LogP contribution in [0.25, 0.3) is 22.7 Å². The van der Waals surface area contributed by atoms with Crippen LogP contribution in [0.2, 0.25) is 0 Å². The van der Waals surface area contributed by atoms with Gasteiger partial charge >= 0.3 is 0 Å². The summed E-state index contributed by atoms with van der Waals surface area (Å²) in [6.45, 7) is 2.24. The minimum atomic E-state index is 0.991. The molecule has 0 saturated heterocycles. The summed E-state index contributed by atoms with van der Waals surface area (Å²) in [4.78, 5) is 5.07. The predicted octanol–water partition coefficient (Wildman–Crippen LogP) is 8.52. The molecule has 0 unspecified atom stereocenters. The van der Waals surface area contributed by atoms with Crippen LogP contribution in [0, 0.1) is 0 Å². The van der Waals surface area contributed by atoms with Gasteiger partial charge in [0.25, 0.3) is 0 Å². The molecular formula is C30H22N2S. The maximum Gasteiger partial charge on any atom is 0.0601 e. The van der Waals surface area contributed by atoms with Crippen molar-refractivity contribution in [3.05, 3.63) is 114 Å². The number of para-hydroxylation sites is 3. The normalized spacial score (nSPS) is 14.1. The number of hydrogen-bond donors (Lipinski definition) is 0. The Labute approximate surface area is 197 Å². The molecule has 158 valence electrons. The first-order valence-electron chi connectivity index (χ1n) is 11.3. The molecule has 4 aromatic carbocycles. The van der Waals surface area contributed by atoms with Crippen molar-refractivity contribution in [1.82, 2.24) is 4.57 Å². The van der Waals surface area contributed by atoms with Gasteiger partial charge in [0.1, 0.15) is 0 Å². The number of aromatic nitrogens is 1. The molecule has 2 heterocycles. The van der Waals surface area contributed by atoms with E-state index in [1.54, 1.807) is 0 Å². The zero-order valence-corrected chi connectivity index (χ0v) is 19.1. The van der Waals surface area contributed by atoms with Crippen LogP contribution < -0.4 is 4.90 Å². The van der Waals surface area contributed by atoms with Crippen molar-refractivity contribution in [2.75, 3.05) is 4.90 Å². The Kier molecular flexibility index (Phi) is 4.09. The van der Waals surface area contributed by atoms with E-state index in [0.717, 1.165) is 6.42 Å². The molecule has 0 radical (unpaired) electrons. The third-order valence-electron chi connectivity index (χ3n) is 6.65. The van der Waals surface area contributed by atoms with Gasteiger partial charge in [-0.2, -0.15) is 0 Å². The lowest BCUT2D eigenvalue weighted by Crippen LogP contribution is -2.17. The molecular weight excluding hydrogens is 420 g/mol. The second-order valence-electron chi connectivity index (χ2n) is 8.82. The SMILES string of the molecule is CC1=Cc2cc(-n3ccc4ccccc43)cc(N3c4ccccc4Sc4ccccc43)c2C1. The highest BCUT2D eigenvalue weighted by molar-refractivity contribution is 7.99. The van der Waals surface area contributed by atoms with Crippen LogP contribution in [0.1, 0.15) is 18.1 Å². The van der Waals surface area contributed by atoms with Crippen LogP contribution in [0.5, 0.6) is 0 Å². The molecule has 0 spiro atoms. The van der Waals surface area contributed by atoms with Crippen LogP contribution in [0.15, 0.2) is 113 Å². The molecule has 1 aliphatic carbocycles. The second-order valence-corrected chi connectivity index (χ2v) is 9.90. The second kappa shape index (κ2) is 7.16. The molecule has 7 rings (SSSR count). The molecule has 0 amide bonds. The third kappa shape index (κ3) is 2.89. The summed E-state index contributed by atoms with van der Waals surface area (Å²) in [5.41, 5.74) is 10.4. The highest BCUT2D eigenvalue weighted by atomic mass is 32.2. The van der Waals surface area contributed by atoms with Gasteiger partial charge in [0.2, 0.25) is 0 Å². The predicted molar refractivity (Wildman–Crippen MR) is 139 cm³/mol. The molecule has 1 aliphatic heterocycles. The fourth-order valence-corrected chi connectivity index (χ4v) is 6.25. The van der Waals surface area contributed by atoms with E-state index in [-0.39, 0.29) is 0 Å². The van der Waals surface area contributed by atoms with E-state index in [0.29, 0.717) is 0 Å². The van der Waals surface area contributed by atoms with Crippen molar-refractivity contribution in [2.45, 2.75) is 23.1 Å². The van der Waals surface area contributed by atoms with E-state index in [1.807, 2.05) is 11.8 Å². The number of anilines is 3. The van der Waals surface area contributed by atoms with E-state index < -0.39 is 0 Å². The smallest absolute Gasteiger partial charge is 0.0601 e. The molecule has 0 fully saturated rings. The molecule has 1 aromatic heterocycles. The summed E-state index contributed by atoms with van der Waals surface area (Å²) < 4.78 is 2.32. The van der Waals surface area contributed by atoms with Crippen LogP contribution in [0.4, 0.5) is 17.1 Å². The maximum absolute atomic E-state index is 2.47. The summed E-state index contributed by atoms with van der Waals surface area (Å²) in [7, 11) is 0. The number of hydrogen-bond acceptors (Lipinski definition) is 2. The maximum atomic E-state index is 2.47. The standard InChI is InChI=1S/C30H22N2S/c1-20-16-22-18-23(31-15-14-21-8-2-3-9-25(21)31)19-28(24(22)17-20)32-26-10-4-6-12-29(26)33-30-13-7-5-11-27(30)32/h2-16,18-19H,17H2,1H3. The zero-order valence-electron chi connectivity index (χ0n) is 18.3. The fraction of sp³-hybridized carbons (Fsp3) is 0.0667. The Morgan fingerprint density at radius 1 is 0.727 bits per heavy atom. The Morgan fingerprint density at radius 3 is 2.21 bits per heavy atom. The van der Waals surface area contributed by atoms with E-state index in [9.17, 15) is 0 Å². The Balaban J connectivity index is 1.52. The van der Waals surface area contributed by atoms with Crippen molar-refractivity contribution in [2.24, 2.45) is 0 Å². The lowest BCUT2D eigenvalue weighted by Gasteiger charge is -2.34. The number of rotatable bonds is 2. The highest BCUT2D eigenvalue weighted by Gasteiger charge is 2.28. The topological polar surface area (TPSA) is 8.17 Å². The first kappa shape index (κ1) is 18.8. The number of benzene rings is 4. The lowest BCUT2D eigenvalue weighted by atomic mass is 10.0. The molecule has 0 bridgehead atoms. The number of allylic oxidation sites excluding steroid dienone is 1. The molecule has 33 heavy (non-hydrogen) atoms. The first-order chi connectivity index (χ1) is 16.3. The van der Waals surface area contributed by atoms with Crippen molar-refractivity contribution in [3.63, 3.8) is 0 Å². The summed E-state index contributed by atoms with van der Waals surface area (Å²) in [6, 6.07) is 33.0. The molecule has 0 N–H and O–H groups in total. The third-order valence-corrected chi connectivity index (χ3v) is 7.78. The van der Waals surface area contributed by atoms with Gasteiger partial charge in [-0.05, 0) is 78.4 Å². The van der Waals surface area contributed by atoms with E-state index in [4.69, 9.17) is 0 Å². The summed E-state index contributed by atoms with van der Waals surface area (Å²) in [5, 5.41) is 1.26. The van der Waals surface area contributed by atoms with Gasteiger partial charge in [0, 0.05) is 21.7 Å². The number of fused-ring (bicyclic) bond motifs is 4. The molecule has 2 nitrogen and oxygen atoms in total. The summed E-state index contributed by atoms with van der Waals surface area (Å²) in [6.07, 6.45) is 5.53. The van der Waals surface area contributed by atoms with Gasteiger partial charge in [0.05, 0.1) is 22.6 Å². The van der Waals surface area contributed by atoms with Gasteiger partial charge in [-0.25, -0.2) is 0 Å². The van der Waals surface area contributed by atoms with Gasteiger partial charge in [-0.3, -0.25) is 0 Å². The zero-order chi connectivity index (χ0) is 21.9. The van der Waals surface area contributed by atoms with Gasteiger partial charge in [0.15, 0.2) is 0 Å². The summed E-state index contributed by atoms with van der Waals surface area (Å²) in [5.74, 6) is 0. The molecule has 2 aliphatic rings. The van der Waals surface area contributed by atoms with E-state index >= 15 is 0 Å². The van der Waals surface area contributed by atoms with Crippen LogP contribution in [0.3, 0.4) is 0 Å². The molecule has 0 saturated carbocycles. The molecule has 0 atom stereocenters. The summed E-state index contributed by atoms with van der Waals surface area (Å²) >= 11 is 1.86. The van der Waals surface area contributed by atoms with Gasteiger partial charge in [-0.15, -0.1) is 0 Å². The average molecular weight is 443 g/mol. The average Bonchev–Trinajstić information content (AvgIpc) is 3.44. The monoisotopic (exact) mass is 442 g/mol. The van der Waals surface area contributed by atoms with Gasteiger partial charge < -0.3 is 9.47 Å². The first-order valence-corrected chi connectivity index (χ1v) is 12.1. The van der Waals surface area contributed by atoms with Gasteiger partial charge in [-0.1, -0.05) is 65.9 Å².